The third kappa shape index (κ3) is 5.52. The lowest BCUT2D eigenvalue weighted by atomic mass is 10.1. The molecule has 1 N–H and O–H groups in total. The summed E-state index contributed by atoms with van der Waals surface area (Å²) in [5.74, 6) is 1.70. The molecule has 2 heterocycles. The highest BCUT2D eigenvalue weighted by Crippen LogP contribution is 2.16. The van der Waals surface area contributed by atoms with Crippen molar-refractivity contribution in [1.29, 1.82) is 0 Å². The number of hydrogen-bond acceptors (Lipinski definition) is 3. The minimum Gasteiger partial charge on any atom is -0.356 e. The fraction of sp³-hybridized carbons (Fsp3) is 0.917. The quantitative estimate of drug-likeness (QED) is 0.716. The lowest BCUT2D eigenvalue weighted by Crippen LogP contribution is -2.26. The number of carbonyl (C=O) groups excluding carboxylic acids is 1. The van der Waals surface area contributed by atoms with Gasteiger partial charge in [-0.2, -0.15) is 0 Å². The number of nitrogens with one attached hydrogen (secondary N) is 1. The molecule has 0 saturated carbocycles. The van der Waals surface area contributed by atoms with Gasteiger partial charge in [-0.05, 0) is 25.2 Å². The summed E-state index contributed by atoms with van der Waals surface area (Å²) in [6.45, 7) is 4.84. The Labute approximate surface area is 104 Å². The van der Waals surface area contributed by atoms with Crippen LogP contribution >= 0.6 is 0 Å². The normalized spacial score (nSPS) is 32.0. The summed E-state index contributed by atoms with van der Waals surface area (Å²) in [7, 11) is -2.60. The van der Waals surface area contributed by atoms with Crippen LogP contribution in [0.1, 0.15) is 39.5 Å². The standard InChI is InChI=1S/C7H13NO.C5H10O2S/c1-6-4-2-3-5-8-7(6)9;1-5-2-3-8(6,7)4-5/h6H,2-5H2,1H3,(H,8,9);5H,2-4H2,1H3. The van der Waals surface area contributed by atoms with Crippen LogP contribution in [0.3, 0.4) is 0 Å². The summed E-state index contributed by atoms with van der Waals surface area (Å²) in [6.07, 6.45) is 4.27. The lowest BCUT2D eigenvalue weighted by Gasteiger charge is -2.03. The van der Waals surface area contributed by atoms with E-state index in [0.717, 1.165) is 25.8 Å². The van der Waals surface area contributed by atoms with E-state index >= 15 is 0 Å². The van der Waals surface area contributed by atoms with Crippen molar-refractivity contribution < 1.29 is 13.2 Å². The van der Waals surface area contributed by atoms with Crippen LogP contribution in [0.4, 0.5) is 0 Å². The van der Waals surface area contributed by atoms with Gasteiger partial charge >= 0.3 is 0 Å². The molecule has 17 heavy (non-hydrogen) atoms. The van der Waals surface area contributed by atoms with Crippen molar-refractivity contribution in [2.45, 2.75) is 39.5 Å². The summed E-state index contributed by atoms with van der Waals surface area (Å²) in [6, 6.07) is 0. The average molecular weight is 261 g/mol. The SMILES string of the molecule is CC1CCCCNC1=O.CC1CCS(=O)(=O)C1. The van der Waals surface area contributed by atoms with E-state index in [9.17, 15) is 13.2 Å². The average Bonchev–Trinajstić information content (AvgIpc) is 2.43. The Morgan fingerprint density at radius 1 is 1.18 bits per heavy atom. The van der Waals surface area contributed by atoms with Crippen molar-refractivity contribution in [2.24, 2.45) is 11.8 Å². The van der Waals surface area contributed by atoms with Crippen LogP contribution in [0.2, 0.25) is 0 Å². The van der Waals surface area contributed by atoms with Gasteiger partial charge in [0.15, 0.2) is 9.84 Å². The fourth-order valence-corrected chi connectivity index (χ4v) is 4.04. The van der Waals surface area contributed by atoms with E-state index in [0.29, 0.717) is 17.4 Å². The molecule has 0 aromatic rings. The lowest BCUT2D eigenvalue weighted by molar-refractivity contribution is -0.124. The second-order valence-electron chi connectivity index (χ2n) is 5.20. The van der Waals surface area contributed by atoms with Crippen LogP contribution in [0.25, 0.3) is 0 Å². The molecule has 2 fully saturated rings. The summed E-state index contributed by atoms with van der Waals surface area (Å²) < 4.78 is 21.3. The fourth-order valence-electron chi connectivity index (χ4n) is 2.07. The predicted molar refractivity (Wildman–Crippen MR) is 68.5 cm³/mol. The molecule has 0 spiro atoms. The molecule has 2 aliphatic heterocycles. The molecule has 2 rings (SSSR count). The maximum atomic E-state index is 10.9. The van der Waals surface area contributed by atoms with E-state index in [1.165, 1.54) is 6.42 Å². The second kappa shape index (κ2) is 6.38. The second-order valence-corrected chi connectivity index (χ2v) is 7.42. The predicted octanol–water partition coefficient (Wildman–Crippen LogP) is 1.36. The molecule has 2 atom stereocenters. The van der Waals surface area contributed by atoms with Gasteiger partial charge in [-0.15, -0.1) is 0 Å². The Hall–Kier alpha value is -0.580. The molecule has 0 aromatic heterocycles. The molecule has 4 nitrogen and oxygen atoms in total. The van der Waals surface area contributed by atoms with Crippen molar-refractivity contribution in [3.8, 4) is 0 Å². The molecule has 2 saturated heterocycles. The first-order valence-electron chi connectivity index (χ1n) is 6.39. The highest BCUT2D eigenvalue weighted by Gasteiger charge is 2.23. The smallest absolute Gasteiger partial charge is 0.222 e. The third-order valence-electron chi connectivity index (χ3n) is 3.27. The van der Waals surface area contributed by atoms with Gasteiger partial charge in [-0.3, -0.25) is 4.79 Å². The number of hydrogen-bond donors (Lipinski definition) is 1. The first kappa shape index (κ1) is 14.5. The number of sulfone groups is 1. The molecule has 1 amide bonds. The van der Waals surface area contributed by atoms with Crippen LogP contribution in [0.15, 0.2) is 0 Å². The molecule has 0 bridgehead atoms. The molecule has 0 aromatic carbocycles. The number of carbonyl (C=O) groups is 1. The van der Waals surface area contributed by atoms with Gasteiger partial charge in [0.2, 0.25) is 5.91 Å². The molecular weight excluding hydrogens is 238 g/mol. The molecule has 0 aliphatic carbocycles. The molecule has 2 unspecified atom stereocenters. The van der Waals surface area contributed by atoms with Gasteiger partial charge in [-0.25, -0.2) is 8.42 Å². The van der Waals surface area contributed by atoms with Gasteiger partial charge in [-0.1, -0.05) is 20.3 Å². The molecule has 2 aliphatic rings. The molecule has 0 radical (unpaired) electrons. The summed E-state index contributed by atoms with van der Waals surface area (Å²) in [4.78, 5) is 10.9. The molecular formula is C12H23NO3S. The van der Waals surface area contributed by atoms with Crippen LogP contribution in [-0.2, 0) is 14.6 Å². The Kier molecular flexibility index (Phi) is 5.43. The minimum atomic E-state index is -2.60. The monoisotopic (exact) mass is 261 g/mol. The zero-order valence-corrected chi connectivity index (χ0v) is 11.6. The third-order valence-corrected chi connectivity index (χ3v) is 5.21. The van der Waals surface area contributed by atoms with Crippen molar-refractivity contribution >= 4 is 15.7 Å². The zero-order valence-electron chi connectivity index (χ0n) is 10.7. The van der Waals surface area contributed by atoms with Crippen molar-refractivity contribution in [3.05, 3.63) is 0 Å². The summed E-state index contributed by atoms with van der Waals surface area (Å²) >= 11 is 0. The molecule has 100 valence electrons. The van der Waals surface area contributed by atoms with E-state index in [2.05, 4.69) is 5.32 Å². The summed E-state index contributed by atoms with van der Waals surface area (Å²) in [5.41, 5.74) is 0. The molecule has 5 heteroatoms. The van der Waals surface area contributed by atoms with Gasteiger partial charge in [0.05, 0.1) is 11.5 Å². The first-order valence-corrected chi connectivity index (χ1v) is 8.21. The Morgan fingerprint density at radius 3 is 2.35 bits per heavy atom. The zero-order chi connectivity index (χ0) is 12.9. The van der Waals surface area contributed by atoms with Gasteiger partial charge in [0.1, 0.15) is 0 Å². The Balaban J connectivity index is 0.000000171. The van der Waals surface area contributed by atoms with Gasteiger partial charge < -0.3 is 5.32 Å². The highest BCUT2D eigenvalue weighted by molar-refractivity contribution is 7.91. The van der Waals surface area contributed by atoms with Gasteiger partial charge in [0.25, 0.3) is 0 Å². The van der Waals surface area contributed by atoms with Crippen molar-refractivity contribution in [3.63, 3.8) is 0 Å². The maximum absolute atomic E-state index is 10.9. The Morgan fingerprint density at radius 2 is 1.88 bits per heavy atom. The van der Waals surface area contributed by atoms with Crippen molar-refractivity contribution in [2.75, 3.05) is 18.1 Å². The van der Waals surface area contributed by atoms with Crippen molar-refractivity contribution in [1.82, 2.24) is 5.32 Å². The van der Waals surface area contributed by atoms with E-state index in [1.807, 2.05) is 13.8 Å². The number of rotatable bonds is 0. The van der Waals surface area contributed by atoms with E-state index in [4.69, 9.17) is 0 Å². The van der Waals surface area contributed by atoms with E-state index in [1.54, 1.807) is 0 Å². The van der Waals surface area contributed by atoms with Crippen LogP contribution < -0.4 is 5.32 Å². The highest BCUT2D eigenvalue weighted by atomic mass is 32.2. The minimum absolute atomic E-state index is 0.229. The van der Waals surface area contributed by atoms with E-state index in [-0.39, 0.29) is 11.8 Å². The maximum Gasteiger partial charge on any atom is 0.222 e. The number of amides is 1. The van der Waals surface area contributed by atoms with Gasteiger partial charge in [0, 0.05) is 12.5 Å². The van der Waals surface area contributed by atoms with Crippen LogP contribution in [0, 0.1) is 11.8 Å². The van der Waals surface area contributed by atoms with Crippen LogP contribution in [0.5, 0.6) is 0 Å². The Bertz CT molecular complexity index is 351. The van der Waals surface area contributed by atoms with E-state index < -0.39 is 9.84 Å². The first-order chi connectivity index (χ1) is 7.91. The largest absolute Gasteiger partial charge is 0.356 e. The topological polar surface area (TPSA) is 63.2 Å². The van der Waals surface area contributed by atoms with Crippen LogP contribution in [-0.4, -0.2) is 32.4 Å². The summed E-state index contributed by atoms with van der Waals surface area (Å²) in [5, 5.41) is 2.86.